The van der Waals surface area contributed by atoms with Crippen LogP contribution in [-0.4, -0.2) is 18.5 Å². The summed E-state index contributed by atoms with van der Waals surface area (Å²) < 4.78 is 5.65. The summed E-state index contributed by atoms with van der Waals surface area (Å²) in [6.07, 6.45) is 0. The first-order chi connectivity index (χ1) is 9.51. The van der Waals surface area contributed by atoms with E-state index in [1.165, 1.54) is 16.7 Å². The summed E-state index contributed by atoms with van der Waals surface area (Å²) in [6.45, 7) is 7.60. The van der Waals surface area contributed by atoms with Gasteiger partial charge in [0.1, 0.15) is 11.5 Å². The van der Waals surface area contributed by atoms with Crippen LogP contribution in [-0.2, 0) is 6.54 Å². The number of rotatable bonds is 5. The van der Waals surface area contributed by atoms with Gasteiger partial charge in [-0.25, -0.2) is 0 Å². The van der Waals surface area contributed by atoms with E-state index in [0.717, 1.165) is 18.1 Å². The molecule has 0 spiro atoms. The van der Waals surface area contributed by atoms with Gasteiger partial charge >= 0.3 is 0 Å². The van der Waals surface area contributed by atoms with Crippen molar-refractivity contribution in [2.24, 2.45) is 5.73 Å². The van der Waals surface area contributed by atoms with Crippen molar-refractivity contribution >= 4 is 0 Å². The highest BCUT2D eigenvalue weighted by molar-refractivity contribution is 5.32. The molecule has 2 aromatic rings. The minimum Gasteiger partial charge on any atom is -0.465 e. The lowest BCUT2D eigenvalue weighted by Gasteiger charge is -2.27. The molecule has 0 aliphatic rings. The molecule has 0 aliphatic carbocycles. The van der Waals surface area contributed by atoms with Gasteiger partial charge in [0.25, 0.3) is 0 Å². The molecule has 1 unspecified atom stereocenters. The normalized spacial score (nSPS) is 12.9. The first-order valence-electron chi connectivity index (χ1n) is 7.04. The SMILES string of the molecule is Cc1ccc(CN(C)C(CN)c2ccc(C)c(C)c2)o1. The fraction of sp³-hybridized carbons (Fsp3) is 0.412. The topological polar surface area (TPSA) is 42.4 Å². The summed E-state index contributed by atoms with van der Waals surface area (Å²) in [5, 5.41) is 0. The molecule has 1 heterocycles. The summed E-state index contributed by atoms with van der Waals surface area (Å²) in [4.78, 5) is 2.24. The van der Waals surface area contributed by atoms with Gasteiger partial charge in [0.05, 0.1) is 6.54 Å². The second-order valence-electron chi connectivity index (χ2n) is 5.52. The molecular formula is C17H24N2O. The molecule has 0 radical (unpaired) electrons. The highest BCUT2D eigenvalue weighted by Crippen LogP contribution is 2.23. The number of nitrogens with two attached hydrogens (primary N) is 1. The molecular weight excluding hydrogens is 248 g/mol. The maximum absolute atomic E-state index is 5.98. The van der Waals surface area contributed by atoms with Gasteiger partial charge in [-0.1, -0.05) is 18.2 Å². The van der Waals surface area contributed by atoms with Gasteiger partial charge in [0.2, 0.25) is 0 Å². The van der Waals surface area contributed by atoms with Crippen LogP contribution in [0.3, 0.4) is 0 Å². The van der Waals surface area contributed by atoms with Crippen molar-refractivity contribution in [1.82, 2.24) is 4.90 Å². The molecule has 2 rings (SSSR count). The van der Waals surface area contributed by atoms with E-state index in [4.69, 9.17) is 10.2 Å². The second kappa shape index (κ2) is 6.25. The Labute approximate surface area is 121 Å². The molecule has 0 bridgehead atoms. The minimum absolute atomic E-state index is 0.208. The molecule has 0 saturated carbocycles. The van der Waals surface area contributed by atoms with Crippen molar-refractivity contribution < 1.29 is 4.42 Å². The molecule has 1 aromatic heterocycles. The average Bonchev–Trinajstić information content (AvgIpc) is 2.80. The van der Waals surface area contributed by atoms with Crippen molar-refractivity contribution in [3.63, 3.8) is 0 Å². The van der Waals surface area contributed by atoms with Crippen molar-refractivity contribution in [3.05, 3.63) is 58.5 Å². The maximum atomic E-state index is 5.98. The largest absolute Gasteiger partial charge is 0.465 e. The molecule has 20 heavy (non-hydrogen) atoms. The van der Waals surface area contributed by atoms with Crippen molar-refractivity contribution in [1.29, 1.82) is 0 Å². The van der Waals surface area contributed by atoms with Gasteiger partial charge in [-0.05, 0) is 56.6 Å². The van der Waals surface area contributed by atoms with E-state index < -0.39 is 0 Å². The molecule has 0 fully saturated rings. The second-order valence-corrected chi connectivity index (χ2v) is 5.52. The fourth-order valence-corrected chi connectivity index (χ4v) is 2.47. The van der Waals surface area contributed by atoms with Crippen molar-refractivity contribution in [3.8, 4) is 0 Å². The lowest BCUT2D eigenvalue weighted by molar-refractivity contribution is 0.221. The van der Waals surface area contributed by atoms with Gasteiger partial charge < -0.3 is 10.2 Å². The lowest BCUT2D eigenvalue weighted by atomic mass is 10.00. The molecule has 0 aliphatic heterocycles. The Bertz CT molecular complexity index is 574. The van der Waals surface area contributed by atoms with Crippen LogP contribution in [0, 0.1) is 20.8 Å². The first-order valence-corrected chi connectivity index (χ1v) is 7.04. The predicted octanol–water partition coefficient (Wildman–Crippen LogP) is 3.34. The number of likely N-dealkylation sites (N-methyl/N-ethyl adjacent to an activating group) is 1. The predicted molar refractivity (Wildman–Crippen MR) is 82.6 cm³/mol. The Morgan fingerprint density at radius 1 is 1.10 bits per heavy atom. The number of furan rings is 1. The van der Waals surface area contributed by atoms with Gasteiger partial charge in [-0.2, -0.15) is 0 Å². The summed E-state index contributed by atoms with van der Waals surface area (Å²) in [5.41, 5.74) is 9.87. The molecule has 2 N–H and O–H groups in total. The Kier molecular flexibility index (Phi) is 4.63. The van der Waals surface area contributed by atoms with Crippen LogP contribution in [0.4, 0.5) is 0 Å². The van der Waals surface area contributed by atoms with E-state index in [1.54, 1.807) is 0 Å². The number of aryl methyl sites for hydroxylation is 3. The van der Waals surface area contributed by atoms with Crippen LogP contribution in [0.15, 0.2) is 34.7 Å². The smallest absolute Gasteiger partial charge is 0.118 e. The quantitative estimate of drug-likeness (QED) is 0.907. The standard InChI is InChI=1S/C17H24N2O/c1-12-5-7-15(9-13(12)2)17(10-18)19(4)11-16-8-6-14(3)20-16/h5-9,17H,10-11,18H2,1-4H3. The monoisotopic (exact) mass is 272 g/mol. The Balaban J connectivity index is 2.16. The number of hydrogen-bond donors (Lipinski definition) is 1. The summed E-state index contributed by atoms with van der Waals surface area (Å²) in [5.74, 6) is 1.93. The van der Waals surface area contributed by atoms with E-state index >= 15 is 0 Å². The summed E-state index contributed by atoms with van der Waals surface area (Å²) in [7, 11) is 2.09. The van der Waals surface area contributed by atoms with Gasteiger partial charge in [-0.15, -0.1) is 0 Å². The third kappa shape index (κ3) is 3.30. The Morgan fingerprint density at radius 2 is 1.85 bits per heavy atom. The Hall–Kier alpha value is -1.58. The molecule has 0 amide bonds. The number of benzene rings is 1. The Morgan fingerprint density at radius 3 is 2.40 bits per heavy atom. The van der Waals surface area contributed by atoms with Gasteiger partial charge in [0.15, 0.2) is 0 Å². The first kappa shape index (κ1) is 14.8. The van der Waals surface area contributed by atoms with Gasteiger partial charge in [0, 0.05) is 12.6 Å². The third-order valence-corrected chi connectivity index (χ3v) is 3.87. The fourth-order valence-electron chi connectivity index (χ4n) is 2.47. The highest BCUT2D eigenvalue weighted by Gasteiger charge is 2.17. The van der Waals surface area contributed by atoms with Gasteiger partial charge in [-0.3, -0.25) is 4.90 Å². The molecule has 108 valence electrons. The maximum Gasteiger partial charge on any atom is 0.118 e. The van der Waals surface area contributed by atoms with Crippen LogP contribution in [0.1, 0.15) is 34.3 Å². The molecule has 3 heteroatoms. The van der Waals surface area contributed by atoms with Crippen LogP contribution in [0.25, 0.3) is 0 Å². The van der Waals surface area contributed by atoms with Crippen LogP contribution in [0.2, 0.25) is 0 Å². The number of hydrogen-bond acceptors (Lipinski definition) is 3. The van der Waals surface area contributed by atoms with Crippen LogP contribution in [0.5, 0.6) is 0 Å². The third-order valence-electron chi connectivity index (χ3n) is 3.87. The van der Waals surface area contributed by atoms with E-state index in [-0.39, 0.29) is 6.04 Å². The molecule has 1 aromatic carbocycles. The van der Waals surface area contributed by atoms with E-state index in [1.807, 2.05) is 19.1 Å². The van der Waals surface area contributed by atoms with Crippen LogP contribution < -0.4 is 5.73 Å². The van der Waals surface area contributed by atoms with Crippen LogP contribution >= 0.6 is 0 Å². The van der Waals surface area contributed by atoms with E-state index in [2.05, 4.69) is 44.0 Å². The van der Waals surface area contributed by atoms with Crippen molar-refractivity contribution in [2.75, 3.05) is 13.6 Å². The summed E-state index contributed by atoms with van der Waals surface area (Å²) in [6, 6.07) is 10.8. The zero-order chi connectivity index (χ0) is 14.7. The molecule has 1 atom stereocenters. The van der Waals surface area contributed by atoms with E-state index in [9.17, 15) is 0 Å². The molecule has 0 saturated heterocycles. The lowest BCUT2D eigenvalue weighted by Crippen LogP contribution is -2.30. The van der Waals surface area contributed by atoms with E-state index in [0.29, 0.717) is 6.54 Å². The summed E-state index contributed by atoms with van der Waals surface area (Å²) >= 11 is 0. The van der Waals surface area contributed by atoms with Crippen molar-refractivity contribution in [2.45, 2.75) is 33.4 Å². The number of nitrogens with zero attached hydrogens (tertiary/aromatic N) is 1. The average molecular weight is 272 g/mol. The zero-order valence-corrected chi connectivity index (χ0v) is 12.8. The highest BCUT2D eigenvalue weighted by atomic mass is 16.3. The molecule has 3 nitrogen and oxygen atoms in total. The zero-order valence-electron chi connectivity index (χ0n) is 12.8. The minimum atomic E-state index is 0.208.